The van der Waals surface area contributed by atoms with Gasteiger partial charge in [0.1, 0.15) is 18.2 Å². The molecule has 0 aliphatic heterocycles. The van der Waals surface area contributed by atoms with Crippen molar-refractivity contribution < 1.29 is 23.9 Å². The fourth-order valence-electron chi connectivity index (χ4n) is 3.01. The van der Waals surface area contributed by atoms with Crippen molar-refractivity contribution in [3.05, 3.63) is 71.3 Å². The summed E-state index contributed by atoms with van der Waals surface area (Å²) in [5.41, 5.74) is 2.30. The van der Waals surface area contributed by atoms with E-state index in [9.17, 15) is 14.4 Å². The summed E-state index contributed by atoms with van der Waals surface area (Å²) in [6.45, 7) is 8.07. The molecule has 8 heteroatoms. The van der Waals surface area contributed by atoms with Gasteiger partial charge in [-0.1, -0.05) is 60.2 Å². The van der Waals surface area contributed by atoms with E-state index in [1.165, 1.54) is 0 Å². The average molecular weight is 470 g/mol. The summed E-state index contributed by atoms with van der Waals surface area (Å²) in [6, 6.07) is 16.4. The van der Waals surface area contributed by atoms with Gasteiger partial charge in [0.05, 0.1) is 0 Å². The Labute approximate surface area is 201 Å². The van der Waals surface area contributed by atoms with E-state index in [0.717, 1.165) is 16.7 Å². The van der Waals surface area contributed by atoms with Crippen molar-refractivity contribution in [2.24, 2.45) is 0 Å². The van der Waals surface area contributed by atoms with Gasteiger partial charge in [-0.15, -0.1) is 0 Å². The highest BCUT2D eigenvalue weighted by molar-refractivity contribution is 5.85. The fourth-order valence-corrected chi connectivity index (χ4v) is 3.01. The molecule has 8 nitrogen and oxygen atoms in total. The van der Waals surface area contributed by atoms with Crippen molar-refractivity contribution in [2.75, 3.05) is 6.54 Å². The number of hydrogen-bond donors (Lipinski definition) is 3. The molecule has 0 heterocycles. The quantitative estimate of drug-likeness (QED) is 0.452. The smallest absolute Gasteiger partial charge is 0.408 e. The first-order valence-electron chi connectivity index (χ1n) is 11.4. The third kappa shape index (κ3) is 10.8. The van der Waals surface area contributed by atoms with E-state index in [1.54, 1.807) is 20.8 Å². The van der Waals surface area contributed by atoms with Gasteiger partial charge >= 0.3 is 12.2 Å². The van der Waals surface area contributed by atoms with Crippen LogP contribution < -0.4 is 16.0 Å². The van der Waals surface area contributed by atoms with Crippen LogP contribution in [-0.4, -0.2) is 36.3 Å². The minimum absolute atomic E-state index is 0.177. The van der Waals surface area contributed by atoms with Crippen LogP contribution in [-0.2, 0) is 27.4 Å². The van der Waals surface area contributed by atoms with E-state index in [0.29, 0.717) is 25.9 Å². The van der Waals surface area contributed by atoms with Gasteiger partial charge in [0, 0.05) is 13.1 Å². The summed E-state index contributed by atoms with van der Waals surface area (Å²) in [6.07, 6.45) is -0.431. The zero-order valence-corrected chi connectivity index (χ0v) is 20.4. The molecule has 34 heavy (non-hydrogen) atoms. The number of amides is 3. The lowest BCUT2D eigenvalue weighted by molar-refractivity contribution is -0.123. The lowest BCUT2D eigenvalue weighted by Gasteiger charge is -2.23. The Bertz CT molecular complexity index is 924. The lowest BCUT2D eigenvalue weighted by Crippen LogP contribution is -2.48. The third-order valence-electron chi connectivity index (χ3n) is 4.75. The molecule has 0 bridgehead atoms. The first-order chi connectivity index (χ1) is 16.1. The summed E-state index contributed by atoms with van der Waals surface area (Å²) < 4.78 is 10.5. The summed E-state index contributed by atoms with van der Waals surface area (Å²) >= 11 is 0. The first-order valence-corrected chi connectivity index (χ1v) is 11.4. The SMILES string of the molecule is Cc1ccc(CNC(=O)[C@H](CCCNC(=O)OCc2ccccc2)NC(=O)OC(C)(C)C)cc1. The van der Waals surface area contributed by atoms with Crippen LogP contribution in [0.2, 0.25) is 0 Å². The summed E-state index contributed by atoms with van der Waals surface area (Å²) in [5, 5.41) is 8.16. The number of rotatable bonds is 10. The number of carbonyl (C=O) groups is 3. The van der Waals surface area contributed by atoms with Gasteiger partial charge in [-0.05, 0) is 51.7 Å². The molecule has 0 radical (unpaired) electrons. The molecule has 0 fully saturated rings. The highest BCUT2D eigenvalue weighted by Crippen LogP contribution is 2.09. The third-order valence-corrected chi connectivity index (χ3v) is 4.75. The second kappa shape index (κ2) is 13.2. The number of aryl methyl sites for hydroxylation is 1. The van der Waals surface area contributed by atoms with Crippen molar-refractivity contribution in [1.29, 1.82) is 0 Å². The van der Waals surface area contributed by atoms with E-state index in [4.69, 9.17) is 9.47 Å². The van der Waals surface area contributed by atoms with Crippen molar-refractivity contribution in [3.8, 4) is 0 Å². The Hall–Kier alpha value is -3.55. The van der Waals surface area contributed by atoms with Crippen LogP contribution in [0.15, 0.2) is 54.6 Å². The van der Waals surface area contributed by atoms with Gasteiger partial charge in [-0.2, -0.15) is 0 Å². The molecule has 0 aliphatic carbocycles. The molecule has 2 aromatic carbocycles. The molecule has 2 aromatic rings. The Morgan fingerprint density at radius 1 is 0.882 bits per heavy atom. The number of carbonyl (C=O) groups excluding carboxylic acids is 3. The fraction of sp³-hybridized carbons (Fsp3) is 0.423. The topological polar surface area (TPSA) is 106 Å². The summed E-state index contributed by atoms with van der Waals surface area (Å²) in [5.74, 6) is -0.321. The predicted octanol–water partition coefficient (Wildman–Crippen LogP) is 4.21. The maximum atomic E-state index is 12.8. The van der Waals surface area contributed by atoms with Crippen molar-refractivity contribution >= 4 is 18.1 Å². The number of nitrogens with one attached hydrogen (secondary N) is 3. The summed E-state index contributed by atoms with van der Waals surface area (Å²) in [7, 11) is 0. The van der Waals surface area contributed by atoms with Gasteiger partial charge in [0.2, 0.25) is 5.91 Å². The average Bonchev–Trinajstić information content (AvgIpc) is 2.78. The molecule has 1 atom stereocenters. The van der Waals surface area contributed by atoms with Gasteiger partial charge in [0.25, 0.3) is 0 Å². The van der Waals surface area contributed by atoms with Gasteiger partial charge in [-0.3, -0.25) is 4.79 Å². The summed E-state index contributed by atoms with van der Waals surface area (Å²) in [4.78, 5) is 36.9. The van der Waals surface area contributed by atoms with Crippen molar-refractivity contribution in [3.63, 3.8) is 0 Å². The van der Waals surface area contributed by atoms with Crippen LogP contribution in [0.5, 0.6) is 0 Å². The van der Waals surface area contributed by atoms with Crippen LogP contribution in [0.25, 0.3) is 0 Å². The molecular formula is C26H35N3O5. The number of ether oxygens (including phenoxy) is 2. The largest absolute Gasteiger partial charge is 0.445 e. The number of alkyl carbamates (subject to hydrolysis) is 2. The molecule has 2 rings (SSSR count). The van der Waals surface area contributed by atoms with E-state index in [-0.39, 0.29) is 12.5 Å². The monoisotopic (exact) mass is 469 g/mol. The highest BCUT2D eigenvalue weighted by atomic mass is 16.6. The molecule has 3 N–H and O–H groups in total. The molecule has 184 valence electrons. The van der Waals surface area contributed by atoms with Crippen molar-refractivity contribution in [2.45, 2.75) is 65.3 Å². The van der Waals surface area contributed by atoms with Gasteiger partial charge in [-0.25, -0.2) is 9.59 Å². The minimum Gasteiger partial charge on any atom is -0.445 e. The number of hydrogen-bond acceptors (Lipinski definition) is 5. The van der Waals surface area contributed by atoms with Crippen LogP contribution in [0, 0.1) is 6.92 Å². The normalized spacial score (nSPS) is 11.8. The Morgan fingerprint density at radius 3 is 2.21 bits per heavy atom. The molecule has 0 saturated carbocycles. The second-order valence-corrected chi connectivity index (χ2v) is 9.03. The van der Waals surface area contributed by atoms with Crippen LogP contribution in [0.3, 0.4) is 0 Å². The standard InChI is InChI=1S/C26H35N3O5/c1-19-12-14-20(15-13-19)17-28-23(30)22(29-25(32)34-26(2,3)4)11-8-16-27-24(31)33-18-21-9-6-5-7-10-21/h5-7,9-10,12-15,22H,8,11,16-18H2,1-4H3,(H,27,31)(H,28,30)(H,29,32)/t22-/m0/s1. The maximum absolute atomic E-state index is 12.8. The first kappa shape index (κ1) is 26.7. The van der Waals surface area contributed by atoms with E-state index < -0.39 is 23.8 Å². The van der Waals surface area contributed by atoms with E-state index in [1.807, 2.05) is 61.5 Å². The predicted molar refractivity (Wildman–Crippen MR) is 130 cm³/mol. The Kier molecular flexibility index (Phi) is 10.4. The van der Waals surface area contributed by atoms with Crippen LogP contribution >= 0.6 is 0 Å². The molecular weight excluding hydrogens is 434 g/mol. The maximum Gasteiger partial charge on any atom is 0.408 e. The lowest BCUT2D eigenvalue weighted by atomic mass is 10.1. The zero-order valence-electron chi connectivity index (χ0n) is 20.4. The van der Waals surface area contributed by atoms with E-state index in [2.05, 4.69) is 16.0 Å². The van der Waals surface area contributed by atoms with Gasteiger partial charge < -0.3 is 25.4 Å². The van der Waals surface area contributed by atoms with Gasteiger partial charge in [0.15, 0.2) is 0 Å². The molecule has 3 amide bonds. The molecule has 0 unspecified atom stereocenters. The molecule has 0 saturated heterocycles. The second-order valence-electron chi connectivity index (χ2n) is 9.03. The zero-order chi connectivity index (χ0) is 25.0. The number of benzene rings is 2. The Morgan fingerprint density at radius 2 is 1.56 bits per heavy atom. The molecule has 0 aliphatic rings. The van der Waals surface area contributed by atoms with Crippen LogP contribution in [0.4, 0.5) is 9.59 Å². The molecule has 0 aromatic heterocycles. The minimum atomic E-state index is -0.803. The van der Waals surface area contributed by atoms with Crippen LogP contribution in [0.1, 0.15) is 50.3 Å². The van der Waals surface area contributed by atoms with Crippen molar-refractivity contribution in [1.82, 2.24) is 16.0 Å². The van der Waals surface area contributed by atoms with E-state index >= 15 is 0 Å². The molecule has 0 spiro atoms. The Balaban J connectivity index is 1.82. The highest BCUT2D eigenvalue weighted by Gasteiger charge is 2.24.